The smallest absolute Gasteiger partial charge is 0.233 e. The number of carbonyl (C=O) groups excluding carboxylic acids is 1. The van der Waals surface area contributed by atoms with Crippen molar-refractivity contribution in [2.45, 2.75) is 50.2 Å². The number of amides is 1. The molecule has 0 saturated carbocycles. The Morgan fingerprint density at radius 3 is 2.69 bits per heavy atom. The summed E-state index contributed by atoms with van der Waals surface area (Å²) in [7, 11) is -3.03. The predicted molar refractivity (Wildman–Crippen MR) is 104 cm³/mol. The molecule has 2 atom stereocenters. The van der Waals surface area contributed by atoms with Gasteiger partial charge in [-0.3, -0.25) is 4.79 Å². The number of hydrogen-bond donors (Lipinski definition) is 0. The SMILES string of the molecule is Cc1ccc(SCC(=O)N(CC2CCCO2)C2CCS(=O)(=O)C2)cc1C. The molecule has 2 aliphatic heterocycles. The molecule has 2 aliphatic rings. The second kappa shape index (κ2) is 8.31. The van der Waals surface area contributed by atoms with Crippen LogP contribution in [0.25, 0.3) is 0 Å². The van der Waals surface area contributed by atoms with Crippen molar-refractivity contribution in [1.29, 1.82) is 0 Å². The highest BCUT2D eigenvalue weighted by Crippen LogP contribution is 2.25. The molecule has 1 aromatic carbocycles. The van der Waals surface area contributed by atoms with Crippen LogP contribution in [0.2, 0.25) is 0 Å². The first-order valence-corrected chi connectivity index (χ1v) is 12.0. The Morgan fingerprint density at radius 1 is 1.27 bits per heavy atom. The summed E-state index contributed by atoms with van der Waals surface area (Å²) in [5.74, 6) is 0.592. The first kappa shape index (κ1) is 19.7. The van der Waals surface area contributed by atoms with E-state index in [1.807, 2.05) is 6.07 Å². The number of aryl methyl sites for hydroxylation is 2. The lowest BCUT2D eigenvalue weighted by Gasteiger charge is -2.30. The third-order valence-corrected chi connectivity index (χ3v) is 7.96. The van der Waals surface area contributed by atoms with Gasteiger partial charge >= 0.3 is 0 Å². The molecule has 5 nitrogen and oxygen atoms in total. The molecular formula is C19H27NO4S2. The summed E-state index contributed by atoms with van der Waals surface area (Å²) in [5, 5.41) is 0. The molecule has 7 heteroatoms. The molecule has 2 heterocycles. The summed E-state index contributed by atoms with van der Waals surface area (Å²) in [4.78, 5) is 15.7. The van der Waals surface area contributed by atoms with Gasteiger partial charge in [0.25, 0.3) is 0 Å². The predicted octanol–water partition coefficient (Wildman–Crippen LogP) is 2.59. The molecule has 0 aliphatic carbocycles. The zero-order valence-electron chi connectivity index (χ0n) is 15.4. The summed E-state index contributed by atoms with van der Waals surface area (Å²) in [6.45, 7) is 5.37. The van der Waals surface area contributed by atoms with E-state index in [0.717, 1.165) is 24.3 Å². The van der Waals surface area contributed by atoms with E-state index < -0.39 is 9.84 Å². The molecule has 3 rings (SSSR count). The Morgan fingerprint density at radius 2 is 2.08 bits per heavy atom. The lowest BCUT2D eigenvalue weighted by molar-refractivity contribution is -0.131. The highest BCUT2D eigenvalue weighted by Gasteiger charge is 2.36. The number of rotatable bonds is 6. The van der Waals surface area contributed by atoms with Crippen molar-refractivity contribution >= 4 is 27.5 Å². The van der Waals surface area contributed by atoms with Gasteiger partial charge in [-0.2, -0.15) is 0 Å². The molecular weight excluding hydrogens is 370 g/mol. The van der Waals surface area contributed by atoms with Gasteiger partial charge in [-0.15, -0.1) is 11.8 Å². The number of nitrogens with zero attached hydrogens (tertiary/aromatic N) is 1. The highest BCUT2D eigenvalue weighted by atomic mass is 32.2. The van der Waals surface area contributed by atoms with Crippen molar-refractivity contribution in [2.24, 2.45) is 0 Å². The molecule has 2 unspecified atom stereocenters. The first-order valence-electron chi connectivity index (χ1n) is 9.15. The first-order chi connectivity index (χ1) is 12.3. The fourth-order valence-electron chi connectivity index (χ4n) is 3.52. The number of sulfone groups is 1. The van der Waals surface area contributed by atoms with Crippen molar-refractivity contribution in [2.75, 3.05) is 30.4 Å². The van der Waals surface area contributed by atoms with Gasteiger partial charge in [0.2, 0.25) is 5.91 Å². The van der Waals surface area contributed by atoms with Crippen LogP contribution in [0.15, 0.2) is 23.1 Å². The van der Waals surface area contributed by atoms with Crippen molar-refractivity contribution in [3.05, 3.63) is 29.3 Å². The highest BCUT2D eigenvalue weighted by molar-refractivity contribution is 8.00. The summed E-state index contributed by atoms with van der Waals surface area (Å²) in [6, 6.07) is 5.98. The number of hydrogen-bond acceptors (Lipinski definition) is 5. The third kappa shape index (κ3) is 5.02. The summed E-state index contributed by atoms with van der Waals surface area (Å²) >= 11 is 1.51. The van der Waals surface area contributed by atoms with Crippen LogP contribution >= 0.6 is 11.8 Å². The quantitative estimate of drug-likeness (QED) is 0.691. The lowest BCUT2D eigenvalue weighted by atomic mass is 10.1. The van der Waals surface area contributed by atoms with Crippen LogP contribution in [0.5, 0.6) is 0 Å². The van der Waals surface area contributed by atoms with Crippen molar-refractivity contribution in [3.8, 4) is 0 Å². The van der Waals surface area contributed by atoms with Crippen molar-refractivity contribution < 1.29 is 17.9 Å². The number of thioether (sulfide) groups is 1. The standard InChI is InChI=1S/C19H27NO4S2/c1-14-5-6-18(10-15(14)2)25-12-19(21)20(11-17-4-3-8-24-17)16-7-9-26(22,23)13-16/h5-6,10,16-17H,3-4,7-9,11-13H2,1-2H3. The van der Waals surface area contributed by atoms with E-state index in [0.29, 0.717) is 18.7 Å². The van der Waals surface area contributed by atoms with E-state index in [-0.39, 0.29) is 29.6 Å². The Balaban J connectivity index is 1.66. The van der Waals surface area contributed by atoms with Crippen LogP contribution in [0.3, 0.4) is 0 Å². The summed E-state index contributed by atoms with van der Waals surface area (Å²) in [5.41, 5.74) is 2.44. The molecule has 0 spiro atoms. The van der Waals surface area contributed by atoms with Crippen LogP contribution in [0, 0.1) is 13.8 Å². The molecule has 0 bridgehead atoms. The second-order valence-electron chi connectivity index (χ2n) is 7.27. The average molecular weight is 398 g/mol. The zero-order valence-corrected chi connectivity index (χ0v) is 17.1. The van der Waals surface area contributed by atoms with Crippen LogP contribution in [-0.2, 0) is 19.4 Å². The Bertz CT molecular complexity index is 757. The van der Waals surface area contributed by atoms with Crippen LogP contribution in [0.1, 0.15) is 30.4 Å². The fourth-order valence-corrected chi connectivity index (χ4v) is 6.13. The summed E-state index contributed by atoms with van der Waals surface area (Å²) < 4.78 is 29.4. The second-order valence-corrected chi connectivity index (χ2v) is 10.6. The molecule has 1 amide bonds. The molecule has 144 valence electrons. The van der Waals surface area contributed by atoms with Gasteiger partial charge in [-0.1, -0.05) is 6.07 Å². The van der Waals surface area contributed by atoms with E-state index in [2.05, 4.69) is 26.0 Å². The van der Waals surface area contributed by atoms with Crippen LogP contribution < -0.4 is 0 Å². The van der Waals surface area contributed by atoms with E-state index in [1.54, 1.807) is 4.90 Å². The van der Waals surface area contributed by atoms with Crippen molar-refractivity contribution in [1.82, 2.24) is 4.90 Å². The minimum Gasteiger partial charge on any atom is -0.376 e. The number of ether oxygens (including phenoxy) is 1. The average Bonchev–Trinajstić information content (AvgIpc) is 3.22. The Hall–Kier alpha value is -1.05. The van der Waals surface area contributed by atoms with Crippen molar-refractivity contribution in [3.63, 3.8) is 0 Å². The molecule has 0 radical (unpaired) electrons. The maximum absolute atomic E-state index is 12.9. The topological polar surface area (TPSA) is 63.7 Å². The molecule has 26 heavy (non-hydrogen) atoms. The lowest BCUT2D eigenvalue weighted by Crippen LogP contribution is -2.46. The normalized spacial score (nSPS) is 24.7. The molecule has 1 aromatic rings. The molecule has 2 fully saturated rings. The summed E-state index contributed by atoms with van der Waals surface area (Å²) in [6.07, 6.45) is 2.52. The van der Waals surface area contributed by atoms with E-state index in [4.69, 9.17) is 4.74 Å². The Kier molecular flexibility index (Phi) is 6.30. The number of benzene rings is 1. The molecule has 0 aromatic heterocycles. The maximum atomic E-state index is 12.9. The van der Waals surface area contributed by atoms with Gasteiger partial charge in [-0.05, 0) is 56.4 Å². The minimum atomic E-state index is -3.03. The van der Waals surface area contributed by atoms with Crippen LogP contribution in [-0.4, -0.2) is 61.8 Å². The molecule has 0 N–H and O–H groups in total. The maximum Gasteiger partial charge on any atom is 0.233 e. The monoisotopic (exact) mass is 397 g/mol. The van der Waals surface area contributed by atoms with Gasteiger partial charge in [0.05, 0.1) is 23.4 Å². The third-order valence-electron chi connectivity index (χ3n) is 5.23. The molecule has 2 saturated heterocycles. The van der Waals surface area contributed by atoms with E-state index in [9.17, 15) is 13.2 Å². The van der Waals surface area contributed by atoms with Gasteiger partial charge in [0.1, 0.15) is 0 Å². The number of carbonyl (C=O) groups is 1. The van der Waals surface area contributed by atoms with Gasteiger partial charge < -0.3 is 9.64 Å². The Labute approximate surface area is 160 Å². The van der Waals surface area contributed by atoms with E-state index in [1.165, 1.54) is 22.9 Å². The zero-order chi connectivity index (χ0) is 18.7. The van der Waals surface area contributed by atoms with Gasteiger partial charge in [0.15, 0.2) is 9.84 Å². The van der Waals surface area contributed by atoms with E-state index >= 15 is 0 Å². The minimum absolute atomic E-state index is 0.00540. The van der Waals surface area contributed by atoms with Crippen LogP contribution in [0.4, 0.5) is 0 Å². The fraction of sp³-hybridized carbons (Fsp3) is 0.632. The van der Waals surface area contributed by atoms with Gasteiger partial charge in [0, 0.05) is 24.1 Å². The largest absolute Gasteiger partial charge is 0.376 e. The van der Waals surface area contributed by atoms with Gasteiger partial charge in [-0.25, -0.2) is 8.42 Å².